The number of hydrogen-bond donors (Lipinski definition) is 0. The molecule has 0 spiro atoms. The lowest BCUT2D eigenvalue weighted by atomic mass is 9.52. The average Bonchev–Trinajstić information content (AvgIpc) is 2.34. The Morgan fingerprint density at radius 2 is 1.94 bits per heavy atom. The minimum Gasteiger partial charge on any atom is -0.291 e. The van der Waals surface area contributed by atoms with Gasteiger partial charge in [-0.05, 0) is 30.1 Å². The van der Waals surface area contributed by atoms with Gasteiger partial charge in [0, 0.05) is 17.7 Å². The summed E-state index contributed by atoms with van der Waals surface area (Å²) in [5, 5.41) is 0. The van der Waals surface area contributed by atoms with Crippen molar-refractivity contribution in [3.8, 4) is 0 Å². The molecule has 2 aliphatic carbocycles. The molecule has 0 heterocycles. The largest absolute Gasteiger partial charge is 0.291 e. The SMILES string of the molecule is CC(C)C1CC2(CCl)C(C)CCCC2C(=O)C1=O. The zero-order valence-corrected chi connectivity index (χ0v) is 12.3. The molecule has 0 aromatic carbocycles. The highest BCUT2D eigenvalue weighted by Gasteiger charge is 2.55. The highest BCUT2D eigenvalue weighted by Crippen LogP contribution is 2.54. The zero-order chi connectivity index (χ0) is 13.5. The summed E-state index contributed by atoms with van der Waals surface area (Å²) in [6.07, 6.45) is 3.85. The lowest BCUT2D eigenvalue weighted by molar-refractivity contribution is -0.154. The Morgan fingerprint density at radius 1 is 1.28 bits per heavy atom. The summed E-state index contributed by atoms with van der Waals surface area (Å²) in [6.45, 7) is 6.27. The first-order chi connectivity index (χ1) is 8.44. The van der Waals surface area contributed by atoms with Crippen molar-refractivity contribution in [1.82, 2.24) is 0 Å². The Morgan fingerprint density at radius 3 is 2.50 bits per heavy atom. The van der Waals surface area contributed by atoms with E-state index in [1.54, 1.807) is 0 Å². The molecule has 0 amide bonds. The van der Waals surface area contributed by atoms with Gasteiger partial charge in [0.05, 0.1) is 0 Å². The van der Waals surface area contributed by atoms with Gasteiger partial charge in [-0.3, -0.25) is 9.59 Å². The van der Waals surface area contributed by atoms with Crippen LogP contribution in [-0.4, -0.2) is 17.4 Å². The molecule has 2 fully saturated rings. The molecule has 0 aliphatic heterocycles. The van der Waals surface area contributed by atoms with Gasteiger partial charge in [0.15, 0.2) is 0 Å². The molecule has 18 heavy (non-hydrogen) atoms. The predicted octanol–water partition coefficient (Wildman–Crippen LogP) is 3.46. The van der Waals surface area contributed by atoms with Crippen LogP contribution in [0.4, 0.5) is 0 Å². The Kier molecular flexibility index (Phi) is 3.87. The van der Waals surface area contributed by atoms with Gasteiger partial charge in [-0.1, -0.05) is 33.6 Å². The number of alkyl halides is 1. The van der Waals surface area contributed by atoms with E-state index >= 15 is 0 Å². The van der Waals surface area contributed by atoms with E-state index < -0.39 is 0 Å². The maximum absolute atomic E-state index is 12.4. The van der Waals surface area contributed by atoms with Crippen molar-refractivity contribution in [3.05, 3.63) is 0 Å². The number of carbonyl (C=O) groups is 2. The quantitative estimate of drug-likeness (QED) is 0.569. The van der Waals surface area contributed by atoms with Gasteiger partial charge in [0.2, 0.25) is 11.6 Å². The van der Waals surface area contributed by atoms with Crippen molar-refractivity contribution < 1.29 is 9.59 Å². The molecule has 0 saturated heterocycles. The topological polar surface area (TPSA) is 34.1 Å². The summed E-state index contributed by atoms with van der Waals surface area (Å²) >= 11 is 6.26. The van der Waals surface area contributed by atoms with E-state index in [0.29, 0.717) is 11.8 Å². The molecule has 2 aliphatic rings. The summed E-state index contributed by atoms with van der Waals surface area (Å²) in [4.78, 5) is 24.6. The van der Waals surface area contributed by atoms with Crippen molar-refractivity contribution in [3.63, 3.8) is 0 Å². The van der Waals surface area contributed by atoms with Gasteiger partial charge in [-0.25, -0.2) is 0 Å². The van der Waals surface area contributed by atoms with E-state index in [0.717, 1.165) is 25.7 Å². The Bertz CT molecular complexity index is 364. The minimum atomic E-state index is -0.134. The standard InChI is InChI=1S/C15H23ClO2/c1-9(2)11-7-15(8-16)10(3)5-4-6-12(15)14(18)13(11)17/h9-12H,4-8H2,1-3H3. The molecule has 2 saturated carbocycles. The van der Waals surface area contributed by atoms with Gasteiger partial charge in [-0.2, -0.15) is 0 Å². The third kappa shape index (κ3) is 1.93. The highest BCUT2D eigenvalue weighted by molar-refractivity contribution is 6.39. The molecular weight excluding hydrogens is 248 g/mol. The second-order valence-corrected chi connectivity index (χ2v) is 6.80. The maximum Gasteiger partial charge on any atom is 0.202 e. The van der Waals surface area contributed by atoms with Gasteiger partial charge in [0.25, 0.3) is 0 Å². The molecule has 0 bridgehead atoms. The van der Waals surface area contributed by atoms with Gasteiger partial charge < -0.3 is 0 Å². The van der Waals surface area contributed by atoms with Crippen molar-refractivity contribution in [1.29, 1.82) is 0 Å². The van der Waals surface area contributed by atoms with Crippen LogP contribution in [-0.2, 0) is 9.59 Å². The number of ketones is 2. The van der Waals surface area contributed by atoms with Crippen LogP contribution < -0.4 is 0 Å². The monoisotopic (exact) mass is 270 g/mol. The van der Waals surface area contributed by atoms with Crippen molar-refractivity contribution >= 4 is 23.2 Å². The van der Waals surface area contributed by atoms with Gasteiger partial charge in [-0.15, -0.1) is 11.6 Å². The lowest BCUT2D eigenvalue weighted by Gasteiger charge is -2.51. The molecule has 2 rings (SSSR count). The Hall–Kier alpha value is -0.370. The second-order valence-electron chi connectivity index (χ2n) is 6.53. The summed E-state index contributed by atoms with van der Waals surface area (Å²) in [6, 6.07) is 0. The normalized spacial score (nSPS) is 41.1. The third-order valence-corrected chi connectivity index (χ3v) is 5.85. The van der Waals surface area contributed by atoms with E-state index in [-0.39, 0.29) is 34.7 Å². The van der Waals surface area contributed by atoms with Crippen molar-refractivity contribution in [2.45, 2.75) is 46.5 Å². The van der Waals surface area contributed by atoms with Gasteiger partial charge in [0.1, 0.15) is 0 Å². The molecule has 0 aromatic heterocycles. The van der Waals surface area contributed by atoms with Crippen molar-refractivity contribution in [2.75, 3.05) is 5.88 Å². The number of Topliss-reactive ketones (excluding diaryl/α,β-unsaturated/α-hetero) is 2. The fourth-order valence-electron chi connectivity index (χ4n) is 3.96. The molecule has 3 heteroatoms. The van der Waals surface area contributed by atoms with Crippen LogP contribution in [0.5, 0.6) is 0 Å². The smallest absolute Gasteiger partial charge is 0.202 e. The molecule has 2 nitrogen and oxygen atoms in total. The van der Waals surface area contributed by atoms with Crippen molar-refractivity contribution in [2.24, 2.45) is 29.1 Å². The first-order valence-corrected chi connectivity index (χ1v) is 7.61. The van der Waals surface area contributed by atoms with Crippen LogP contribution in [0.3, 0.4) is 0 Å². The maximum atomic E-state index is 12.4. The average molecular weight is 271 g/mol. The predicted molar refractivity (Wildman–Crippen MR) is 72.6 cm³/mol. The molecule has 4 atom stereocenters. The Balaban J connectivity index is 2.39. The molecule has 0 aromatic rings. The molecule has 0 radical (unpaired) electrons. The zero-order valence-electron chi connectivity index (χ0n) is 11.5. The number of rotatable bonds is 2. The van der Waals surface area contributed by atoms with E-state index in [1.165, 1.54) is 0 Å². The third-order valence-electron chi connectivity index (χ3n) is 5.35. The lowest BCUT2D eigenvalue weighted by Crippen LogP contribution is -2.55. The fourth-order valence-corrected chi connectivity index (χ4v) is 4.52. The molecule has 4 unspecified atom stereocenters. The Labute approximate surface area is 114 Å². The first kappa shape index (κ1) is 14.0. The van der Waals surface area contributed by atoms with E-state index in [9.17, 15) is 9.59 Å². The van der Waals surface area contributed by atoms with Crippen LogP contribution in [0.2, 0.25) is 0 Å². The van der Waals surface area contributed by atoms with E-state index in [2.05, 4.69) is 6.92 Å². The van der Waals surface area contributed by atoms with Crippen LogP contribution in [0.15, 0.2) is 0 Å². The summed E-state index contributed by atoms with van der Waals surface area (Å²) < 4.78 is 0. The van der Waals surface area contributed by atoms with Crippen LogP contribution in [0, 0.1) is 29.1 Å². The molecule has 0 N–H and O–H groups in total. The van der Waals surface area contributed by atoms with Crippen LogP contribution in [0.1, 0.15) is 46.5 Å². The summed E-state index contributed by atoms with van der Waals surface area (Å²) in [5.74, 6) is 0.705. The summed E-state index contributed by atoms with van der Waals surface area (Å²) in [7, 11) is 0. The molecule has 102 valence electrons. The first-order valence-electron chi connectivity index (χ1n) is 7.08. The molecular formula is C15H23ClO2. The fraction of sp³-hybridized carbons (Fsp3) is 0.867. The van der Waals surface area contributed by atoms with E-state index in [4.69, 9.17) is 11.6 Å². The number of carbonyl (C=O) groups excluding carboxylic acids is 2. The second kappa shape index (κ2) is 4.96. The van der Waals surface area contributed by atoms with Gasteiger partial charge >= 0.3 is 0 Å². The minimum absolute atomic E-state index is 0.110. The highest BCUT2D eigenvalue weighted by atomic mass is 35.5. The number of fused-ring (bicyclic) bond motifs is 1. The number of hydrogen-bond acceptors (Lipinski definition) is 2. The van der Waals surface area contributed by atoms with Crippen LogP contribution in [0.25, 0.3) is 0 Å². The summed E-state index contributed by atoms with van der Waals surface area (Å²) in [5.41, 5.74) is -0.125. The van der Waals surface area contributed by atoms with Crippen LogP contribution >= 0.6 is 11.6 Å². The number of halogens is 1. The van der Waals surface area contributed by atoms with E-state index in [1.807, 2.05) is 13.8 Å².